The van der Waals surface area contributed by atoms with E-state index < -0.39 is 0 Å². The lowest BCUT2D eigenvalue weighted by molar-refractivity contribution is 0.101. The number of halogens is 1. The Bertz CT molecular complexity index is 1070. The molecule has 2 fully saturated rings. The van der Waals surface area contributed by atoms with Crippen LogP contribution in [-0.2, 0) is 0 Å². The van der Waals surface area contributed by atoms with Crippen LogP contribution in [0, 0.1) is 11.3 Å². The standard InChI is InChI=1S/C25H32BrN6O/c26-21-9-2-3-10-22(21)31(13-5-1-6-14-31)18-20-8-4-7-15-32(20,30-25(28)29)23-12-11-19(17-27)16-24(23)33/h2-3,9-12,16,20H,1,4-8,13-15,18H2,(H4-,28,29,30,33)/q+1/p+1. The van der Waals surface area contributed by atoms with E-state index in [2.05, 4.69) is 46.3 Å². The van der Waals surface area contributed by atoms with Crippen LogP contribution in [0.5, 0.6) is 5.75 Å². The fourth-order valence-corrected chi connectivity index (χ4v) is 6.52. The number of piperidine rings is 2. The molecule has 2 atom stereocenters. The van der Waals surface area contributed by atoms with Crippen LogP contribution in [0.3, 0.4) is 0 Å². The molecule has 2 aromatic rings. The molecule has 2 unspecified atom stereocenters. The van der Waals surface area contributed by atoms with E-state index >= 15 is 0 Å². The van der Waals surface area contributed by atoms with E-state index in [4.69, 9.17) is 16.6 Å². The number of para-hydroxylation sites is 1. The molecule has 2 aliphatic heterocycles. The Morgan fingerprint density at radius 3 is 2.42 bits per heavy atom. The maximum absolute atomic E-state index is 11.0. The molecule has 2 saturated heterocycles. The predicted octanol–water partition coefficient (Wildman–Crippen LogP) is 4.27. The van der Waals surface area contributed by atoms with Crippen molar-refractivity contribution in [3.05, 3.63) is 52.5 Å². The molecule has 0 radical (unpaired) electrons. The van der Waals surface area contributed by atoms with Crippen molar-refractivity contribution >= 4 is 33.3 Å². The van der Waals surface area contributed by atoms with E-state index in [1.54, 1.807) is 6.07 Å². The summed E-state index contributed by atoms with van der Waals surface area (Å²) in [6, 6.07) is 15.8. The summed E-state index contributed by atoms with van der Waals surface area (Å²) in [5, 5.41) is 25.1. The van der Waals surface area contributed by atoms with Gasteiger partial charge in [-0.25, -0.2) is 0 Å². The molecule has 174 valence electrons. The Kier molecular flexibility index (Phi) is 6.94. The average molecular weight is 513 g/mol. The summed E-state index contributed by atoms with van der Waals surface area (Å²) in [7, 11) is 0. The molecule has 8 heteroatoms. The van der Waals surface area contributed by atoms with E-state index in [1.807, 2.05) is 6.07 Å². The Hall–Kier alpha value is -2.60. The summed E-state index contributed by atoms with van der Waals surface area (Å²) >= 11 is 3.81. The van der Waals surface area contributed by atoms with Crippen LogP contribution in [-0.4, -0.2) is 43.3 Å². The van der Waals surface area contributed by atoms with Crippen molar-refractivity contribution < 1.29 is 5.11 Å². The number of hydrogen-bond acceptors (Lipinski definition) is 3. The number of rotatable bonds is 5. The molecule has 5 N–H and O–H groups in total. The summed E-state index contributed by atoms with van der Waals surface area (Å²) < 4.78 is 2.18. The van der Waals surface area contributed by atoms with Crippen molar-refractivity contribution in [3.8, 4) is 11.8 Å². The molecule has 2 heterocycles. The summed E-state index contributed by atoms with van der Waals surface area (Å²) in [5.74, 6) is 0.0776. The largest absolute Gasteiger partial charge is 0.503 e. The van der Waals surface area contributed by atoms with E-state index in [0.29, 0.717) is 17.8 Å². The number of benzene rings is 2. The van der Waals surface area contributed by atoms with Gasteiger partial charge in [0, 0.05) is 24.6 Å². The van der Waals surface area contributed by atoms with Gasteiger partial charge in [0.1, 0.15) is 18.8 Å². The van der Waals surface area contributed by atoms with Gasteiger partial charge in [-0.15, -0.1) is 0 Å². The van der Waals surface area contributed by atoms with Crippen LogP contribution in [0.4, 0.5) is 11.4 Å². The molecule has 0 aliphatic carbocycles. The van der Waals surface area contributed by atoms with Crippen molar-refractivity contribution in [2.75, 3.05) is 26.2 Å². The molecule has 0 saturated carbocycles. The fraction of sp³-hybridized carbons (Fsp3) is 0.440. The maximum atomic E-state index is 11.0. The number of quaternary nitrogens is 2. The first-order chi connectivity index (χ1) is 15.9. The van der Waals surface area contributed by atoms with Crippen LogP contribution in [0.15, 0.2) is 52.0 Å². The number of nitrogens with two attached hydrogens (primary N) is 2. The van der Waals surface area contributed by atoms with Crippen LogP contribution >= 0.6 is 15.9 Å². The first-order valence-corrected chi connectivity index (χ1v) is 12.5. The highest BCUT2D eigenvalue weighted by Crippen LogP contribution is 2.43. The third kappa shape index (κ3) is 4.58. The minimum absolute atomic E-state index is 0.0109. The van der Waals surface area contributed by atoms with Gasteiger partial charge in [0.15, 0.2) is 11.8 Å². The Labute approximate surface area is 204 Å². The lowest BCUT2D eigenvalue weighted by Crippen LogP contribution is -2.66. The summed E-state index contributed by atoms with van der Waals surface area (Å²) in [4.78, 5) is 0. The van der Waals surface area contributed by atoms with Gasteiger partial charge in [0.25, 0.3) is 0 Å². The van der Waals surface area contributed by atoms with Crippen LogP contribution in [0.25, 0.3) is 0 Å². The maximum Gasteiger partial charge on any atom is 0.245 e. The lowest BCUT2D eigenvalue weighted by atomic mass is 9.95. The number of nitriles is 1. The lowest BCUT2D eigenvalue weighted by Gasteiger charge is -2.48. The summed E-state index contributed by atoms with van der Waals surface area (Å²) in [6.45, 7) is 3.72. The zero-order chi connectivity index (χ0) is 23.5. The molecule has 4 rings (SSSR count). The van der Waals surface area contributed by atoms with E-state index in [1.165, 1.54) is 31.0 Å². The summed E-state index contributed by atoms with van der Waals surface area (Å²) in [5.41, 5.74) is 14.3. The van der Waals surface area contributed by atoms with E-state index in [9.17, 15) is 10.4 Å². The van der Waals surface area contributed by atoms with Crippen LogP contribution < -0.4 is 20.5 Å². The van der Waals surface area contributed by atoms with Gasteiger partial charge in [-0.05, 0) is 65.3 Å². The highest BCUT2D eigenvalue weighted by atomic mass is 79.9. The highest BCUT2D eigenvalue weighted by Gasteiger charge is 2.50. The van der Waals surface area contributed by atoms with Crippen molar-refractivity contribution in [2.24, 2.45) is 16.6 Å². The molecular formula is C25H33BrN6O+2. The van der Waals surface area contributed by atoms with Crippen molar-refractivity contribution in [3.63, 3.8) is 0 Å². The topological polar surface area (TPSA) is 108 Å². The zero-order valence-corrected chi connectivity index (χ0v) is 20.5. The number of phenols is 1. The molecule has 2 aromatic carbocycles. The Morgan fingerprint density at radius 1 is 1.03 bits per heavy atom. The number of likely N-dealkylation sites (tertiary alicyclic amines) is 1. The number of hydrogen-bond donors (Lipinski definition) is 3. The van der Waals surface area contributed by atoms with Gasteiger partial charge in [-0.3, -0.25) is 4.48 Å². The minimum Gasteiger partial charge on any atom is -0.503 e. The third-order valence-corrected chi connectivity index (χ3v) is 7.97. The Morgan fingerprint density at radius 2 is 1.76 bits per heavy atom. The van der Waals surface area contributed by atoms with Crippen molar-refractivity contribution in [2.45, 2.75) is 44.6 Å². The smallest absolute Gasteiger partial charge is 0.245 e. The number of guanidine groups is 1. The molecule has 33 heavy (non-hydrogen) atoms. The quantitative estimate of drug-likeness (QED) is 0.315. The molecule has 0 aromatic heterocycles. The first kappa shape index (κ1) is 23.6. The van der Waals surface area contributed by atoms with Gasteiger partial charge in [-0.2, -0.15) is 9.85 Å². The second-order valence-electron chi connectivity index (χ2n) is 9.33. The average Bonchev–Trinajstić information content (AvgIpc) is 2.81. The number of phenolic OH excluding ortho intramolecular Hbond substituents is 1. The van der Waals surface area contributed by atoms with Gasteiger partial charge < -0.3 is 16.6 Å². The van der Waals surface area contributed by atoms with E-state index in [-0.39, 0.29) is 22.3 Å². The van der Waals surface area contributed by atoms with Crippen molar-refractivity contribution in [1.29, 1.82) is 5.26 Å². The normalized spacial score (nSPS) is 24.5. The second-order valence-corrected chi connectivity index (χ2v) is 10.2. The van der Waals surface area contributed by atoms with Gasteiger partial charge in [-0.1, -0.05) is 12.1 Å². The predicted molar refractivity (Wildman–Crippen MR) is 137 cm³/mol. The molecule has 2 aliphatic rings. The Balaban J connectivity index is 1.83. The number of nitrogens with zero attached hydrogens (tertiary/aromatic N) is 4. The molecule has 0 amide bonds. The van der Waals surface area contributed by atoms with Crippen LogP contribution in [0.2, 0.25) is 0 Å². The monoisotopic (exact) mass is 512 g/mol. The third-order valence-electron chi connectivity index (χ3n) is 7.30. The first-order valence-electron chi connectivity index (χ1n) is 11.7. The number of aromatic hydroxyl groups is 1. The van der Waals surface area contributed by atoms with Gasteiger partial charge >= 0.3 is 0 Å². The molecular weight excluding hydrogens is 480 g/mol. The second kappa shape index (κ2) is 9.72. The van der Waals surface area contributed by atoms with Gasteiger partial charge in [0.2, 0.25) is 11.6 Å². The zero-order valence-electron chi connectivity index (χ0n) is 19.0. The SMILES string of the molecule is N#Cc1ccc([N+]2(N=C(N)N)CCCCC2C[N+]2(c3ccccc3Br)CCCCC2)c(O)c1. The van der Waals surface area contributed by atoms with Gasteiger partial charge in [0.05, 0.1) is 29.2 Å². The molecule has 7 nitrogen and oxygen atoms in total. The van der Waals surface area contributed by atoms with Crippen LogP contribution in [0.1, 0.15) is 44.1 Å². The minimum atomic E-state index is 0.0109. The highest BCUT2D eigenvalue weighted by molar-refractivity contribution is 9.10. The van der Waals surface area contributed by atoms with E-state index in [0.717, 1.165) is 47.9 Å². The molecule has 0 bridgehead atoms. The fourth-order valence-electron chi connectivity index (χ4n) is 5.86. The molecule has 0 spiro atoms. The van der Waals surface area contributed by atoms with Crippen molar-refractivity contribution in [1.82, 2.24) is 9.08 Å². The summed E-state index contributed by atoms with van der Waals surface area (Å²) in [6.07, 6.45) is 6.62.